The van der Waals surface area contributed by atoms with Gasteiger partial charge in [0.1, 0.15) is 5.82 Å². The van der Waals surface area contributed by atoms with E-state index in [1.165, 1.54) is 6.33 Å². The molecule has 0 saturated heterocycles. The number of imidazole rings is 1. The molecule has 0 radical (unpaired) electrons. The maximum atomic E-state index is 11.5. The van der Waals surface area contributed by atoms with Gasteiger partial charge in [0.15, 0.2) is 5.69 Å². The summed E-state index contributed by atoms with van der Waals surface area (Å²) in [6.45, 7) is 4.04. The van der Waals surface area contributed by atoms with E-state index in [4.69, 9.17) is 16.9 Å². The van der Waals surface area contributed by atoms with Crippen molar-refractivity contribution in [1.29, 1.82) is 0 Å². The van der Waals surface area contributed by atoms with E-state index >= 15 is 0 Å². The lowest BCUT2D eigenvalue weighted by atomic mass is 10.1. The fourth-order valence-corrected chi connectivity index (χ4v) is 1.59. The molecule has 92 valence electrons. The minimum Gasteiger partial charge on any atom is -0.461 e. The third-order valence-corrected chi connectivity index (χ3v) is 2.52. The molecule has 1 aromatic rings. The van der Waals surface area contributed by atoms with Gasteiger partial charge in [-0.2, -0.15) is 0 Å². The van der Waals surface area contributed by atoms with Crippen molar-refractivity contribution in [2.75, 3.05) is 12.3 Å². The molecule has 1 aromatic heterocycles. The quantitative estimate of drug-likeness (QED) is 0.622. The highest BCUT2D eigenvalue weighted by atomic mass is 16.5. The second-order valence-corrected chi connectivity index (χ2v) is 3.58. The standard InChI is InChI=1S/C12H17N3O2/c1-4-7-9(5-2)15-8-14-10(11(15)13)12(16)17-6-3/h1,8-9H,5-7,13H2,2-3H3. The Hall–Kier alpha value is -1.96. The van der Waals surface area contributed by atoms with E-state index in [1.54, 1.807) is 11.5 Å². The van der Waals surface area contributed by atoms with Gasteiger partial charge in [-0.05, 0) is 13.3 Å². The van der Waals surface area contributed by atoms with Crippen LogP contribution >= 0.6 is 0 Å². The van der Waals surface area contributed by atoms with Crippen molar-refractivity contribution in [3.05, 3.63) is 12.0 Å². The first-order chi connectivity index (χ1) is 8.15. The maximum Gasteiger partial charge on any atom is 0.360 e. The van der Waals surface area contributed by atoms with Crippen LogP contribution in [-0.2, 0) is 4.74 Å². The summed E-state index contributed by atoms with van der Waals surface area (Å²) < 4.78 is 6.59. The van der Waals surface area contributed by atoms with Gasteiger partial charge in [-0.15, -0.1) is 12.3 Å². The third kappa shape index (κ3) is 2.78. The van der Waals surface area contributed by atoms with Crippen molar-refractivity contribution in [3.8, 4) is 12.3 Å². The fourth-order valence-electron chi connectivity index (χ4n) is 1.59. The van der Waals surface area contributed by atoms with Crippen molar-refractivity contribution in [2.24, 2.45) is 0 Å². The fraction of sp³-hybridized carbons (Fsp3) is 0.500. The molecule has 0 aliphatic carbocycles. The summed E-state index contributed by atoms with van der Waals surface area (Å²) in [6.07, 6.45) is 8.21. The smallest absolute Gasteiger partial charge is 0.360 e. The van der Waals surface area contributed by atoms with Gasteiger partial charge in [0.2, 0.25) is 0 Å². The van der Waals surface area contributed by atoms with Gasteiger partial charge < -0.3 is 15.0 Å². The minimum atomic E-state index is -0.501. The van der Waals surface area contributed by atoms with Gasteiger partial charge in [-0.25, -0.2) is 9.78 Å². The molecule has 5 heteroatoms. The van der Waals surface area contributed by atoms with E-state index < -0.39 is 5.97 Å². The molecular weight excluding hydrogens is 218 g/mol. The Kier molecular flexibility index (Phi) is 4.58. The van der Waals surface area contributed by atoms with E-state index in [1.807, 2.05) is 6.92 Å². The molecule has 2 N–H and O–H groups in total. The van der Waals surface area contributed by atoms with Crippen LogP contribution in [0, 0.1) is 12.3 Å². The molecule has 0 aliphatic heterocycles. The number of carbonyl (C=O) groups excluding carboxylic acids is 1. The monoisotopic (exact) mass is 235 g/mol. The van der Waals surface area contributed by atoms with Crippen LogP contribution in [0.4, 0.5) is 5.82 Å². The molecule has 1 atom stereocenters. The molecular formula is C12H17N3O2. The number of carbonyl (C=O) groups is 1. The molecule has 1 rings (SSSR count). The van der Waals surface area contributed by atoms with Gasteiger partial charge >= 0.3 is 5.97 Å². The Morgan fingerprint density at radius 1 is 1.71 bits per heavy atom. The summed E-state index contributed by atoms with van der Waals surface area (Å²) in [7, 11) is 0. The summed E-state index contributed by atoms with van der Waals surface area (Å²) >= 11 is 0. The van der Waals surface area contributed by atoms with Crippen LogP contribution in [-0.4, -0.2) is 22.1 Å². The molecule has 1 unspecified atom stereocenters. The molecule has 17 heavy (non-hydrogen) atoms. The highest BCUT2D eigenvalue weighted by molar-refractivity contribution is 5.92. The summed E-state index contributed by atoms with van der Waals surface area (Å²) in [5, 5.41) is 0. The molecule has 0 aliphatic rings. The molecule has 0 bridgehead atoms. The first-order valence-corrected chi connectivity index (χ1v) is 5.58. The Morgan fingerprint density at radius 3 is 2.94 bits per heavy atom. The first kappa shape index (κ1) is 13.1. The van der Waals surface area contributed by atoms with Gasteiger partial charge in [-0.3, -0.25) is 0 Å². The normalized spacial score (nSPS) is 11.8. The van der Waals surface area contributed by atoms with Crippen molar-refractivity contribution >= 4 is 11.8 Å². The average molecular weight is 235 g/mol. The number of ether oxygens (including phenoxy) is 1. The zero-order valence-corrected chi connectivity index (χ0v) is 10.1. The zero-order valence-electron chi connectivity index (χ0n) is 10.1. The van der Waals surface area contributed by atoms with Gasteiger partial charge in [0, 0.05) is 12.5 Å². The number of hydrogen-bond donors (Lipinski definition) is 1. The Morgan fingerprint density at radius 2 is 2.41 bits per heavy atom. The van der Waals surface area contributed by atoms with Crippen LogP contribution in [0.15, 0.2) is 6.33 Å². The van der Waals surface area contributed by atoms with Gasteiger partial charge in [-0.1, -0.05) is 6.92 Å². The summed E-state index contributed by atoms with van der Waals surface area (Å²) in [5.41, 5.74) is 6.03. The molecule has 0 spiro atoms. The molecule has 5 nitrogen and oxygen atoms in total. The third-order valence-electron chi connectivity index (χ3n) is 2.52. The highest BCUT2D eigenvalue weighted by Gasteiger charge is 2.19. The lowest BCUT2D eigenvalue weighted by Crippen LogP contribution is -2.13. The van der Waals surface area contributed by atoms with Crippen LogP contribution < -0.4 is 5.73 Å². The number of aromatic nitrogens is 2. The number of rotatable bonds is 5. The Balaban J connectivity index is 2.97. The topological polar surface area (TPSA) is 70.1 Å². The van der Waals surface area contributed by atoms with Crippen LogP contribution in [0.3, 0.4) is 0 Å². The minimum absolute atomic E-state index is 0.0654. The molecule has 0 saturated carbocycles. The molecule has 0 amide bonds. The number of nitrogens with zero attached hydrogens (tertiary/aromatic N) is 2. The molecule has 1 heterocycles. The van der Waals surface area contributed by atoms with Crippen LogP contribution in [0.1, 0.15) is 43.2 Å². The summed E-state index contributed by atoms with van der Waals surface area (Å²) in [4.78, 5) is 15.5. The molecule has 0 fully saturated rings. The van der Waals surface area contributed by atoms with E-state index in [0.29, 0.717) is 18.8 Å². The number of hydrogen-bond acceptors (Lipinski definition) is 4. The lowest BCUT2D eigenvalue weighted by Gasteiger charge is -2.15. The Bertz CT molecular complexity index is 431. The SMILES string of the molecule is C#CCC(CC)n1cnc(C(=O)OCC)c1N. The van der Waals surface area contributed by atoms with E-state index in [0.717, 1.165) is 6.42 Å². The van der Waals surface area contributed by atoms with Crippen LogP contribution in [0.5, 0.6) is 0 Å². The predicted molar refractivity (Wildman–Crippen MR) is 65.4 cm³/mol. The second-order valence-electron chi connectivity index (χ2n) is 3.58. The number of terminal acetylenes is 1. The average Bonchev–Trinajstić information content (AvgIpc) is 2.68. The lowest BCUT2D eigenvalue weighted by molar-refractivity contribution is 0.0521. The van der Waals surface area contributed by atoms with E-state index in [-0.39, 0.29) is 11.7 Å². The van der Waals surface area contributed by atoms with Crippen LogP contribution in [0.25, 0.3) is 0 Å². The maximum absolute atomic E-state index is 11.5. The largest absolute Gasteiger partial charge is 0.461 e. The number of anilines is 1. The van der Waals surface area contributed by atoms with Crippen molar-refractivity contribution < 1.29 is 9.53 Å². The van der Waals surface area contributed by atoms with Gasteiger partial charge in [0.25, 0.3) is 0 Å². The highest BCUT2D eigenvalue weighted by Crippen LogP contribution is 2.22. The zero-order chi connectivity index (χ0) is 12.8. The number of nitrogens with two attached hydrogens (primary N) is 1. The number of esters is 1. The summed E-state index contributed by atoms with van der Waals surface area (Å²) in [6, 6.07) is 0.0654. The van der Waals surface area contributed by atoms with E-state index in [2.05, 4.69) is 10.9 Å². The van der Waals surface area contributed by atoms with Crippen molar-refractivity contribution in [3.63, 3.8) is 0 Å². The first-order valence-electron chi connectivity index (χ1n) is 5.58. The van der Waals surface area contributed by atoms with Gasteiger partial charge in [0.05, 0.1) is 12.9 Å². The summed E-state index contributed by atoms with van der Waals surface area (Å²) in [5.74, 6) is 2.40. The Labute approximate surface area is 101 Å². The predicted octanol–water partition coefficient (Wildman–Crippen LogP) is 1.62. The van der Waals surface area contributed by atoms with Crippen LogP contribution in [0.2, 0.25) is 0 Å². The van der Waals surface area contributed by atoms with E-state index in [9.17, 15) is 4.79 Å². The molecule has 0 aromatic carbocycles. The van der Waals surface area contributed by atoms with Crippen molar-refractivity contribution in [2.45, 2.75) is 32.7 Å². The second kappa shape index (κ2) is 5.94. The number of nitrogen functional groups attached to an aromatic ring is 1. The van der Waals surface area contributed by atoms with Crippen molar-refractivity contribution in [1.82, 2.24) is 9.55 Å².